The van der Waals surface area contributed by atoms with Gasteiger partial charge in [-0.05, 0) is 37.9 Å². The Morgan fingerprint density at radius 1 is 1.47 bits per heavy atom. The van der Waals surface area contributed by atoms with Crippen LogP contribution in [-0.4, -0.2) is 29.9 Å². The van der Waals surface area contributed by atoms with Crippen LogP contribution in [0.4, 0.5) is 8.78 Å². The van der Waals surface area contributed by atoms with Crippen LogP contribution in [0.15, 0.2) is 18.2 Å². The van der Waals surface area contributed by atoms with E-state index in [2.05, 4.69) is 0 Å². The third-order valence-electron chi connectivity index (χ3n) is 3.42. The molecule has 0 radical (unpaired) electrons. The summed E-state index contributed by atoms with van der Waals surface area (Å²) in [4.78, 5) is 13.8. The van der Waals surface area contributed by atoms with E-state index in [4.69, 9.17) is 5.73 Å². The van der Waals surface area contributed by atoms with Crippen LogP contribution in [0.3, 0.4) is 0 Å². The highest BCUT2D eigenvalue weighted by atomic mass is 35.5. The SMILES string of the molecule is CC1CC(CN)CN1C(=O)c1ccc(F)cc1F.Cl. The Kier molecular flexibility index (Phi) is 5.26. The van der Waals surface area contributed by atoms with Gasteiger partial charge in [-0.3, -0.25) is 4.79 Å². The Bertz CT molecular complexity index is 470. The van der Waals surface area contributed by atoms with Gasteiger partial charge in [0.15, 0.2) is 0 Å². The van der Waals surface area contributed by atoms with Gasteiger partial charge < -0.3 is 10.6 Å². The number of likely N-dealkylation sites (tertiary alicyclic amines) is 1. The van der Waals surface area contributed by atoms with E-state index in [0.717, 1.165) is 18.6 Å². The Hall–Kier alpha value is -1.20. The molecule has 1 amide bonds. The van der Waals surface area contributed by atoms with Crippen LogP contribution in [0.2, 0.25) is 0 Å². The average Bonchev–Trinajstić information content (AvgIpc) is 2.70. The molecule has 6 heteroatoms. The van der Waals surface area contributed by atoms with Gasteiger partial charge in [0.05, 0.1) is 5.56 Å². The lowest BCUT2D eigenvalue weighted by atomic mass is 10.1. The van der Waals surface area contributed by atoms with Gasteiger partial charge in [-0.1, -0.05) is 0 Å². The zero-order valence-electron chi connectivity index (χ0n) is 10.6. The first kappa shape index (κ1) is 15.9. The zero-order chi connectivity index (χ0) is 13.3. The monoisotopic (exact) mass is 290 g/mol. The molecular formula is C13H17ClF2N2O. The van der Waals surface area contributed by atoms with E-state index < -0.39 is 17.5 Å². The molecule has 0 aliphatic carbocycles. The first-order chi connectivity index (χ1) is 8.52. The molecule has 2 atom stereocenters. The molecule has 2 unspecified atom stereocenters. The lowest BCUT2D eigenvalue weighted by Gasteiger charge is -2.21. The molecule has 1 saturated heterocycles. The van der Waals surface area contributed by atoms with E-state index in [1.54, 1.807) is 4.90 Å². The first-order valence-corrected chi connectivity index (χ1v) is 5.99. The first-order valence-electron chi connectivity index (χ1n) is 5.99. The third-order valence-corrected chi connectivity index (χ3v) is 3.42. The number of carbonyl (C=O) groups is 1. The van der Waals surface area contributed by atoms with E-state index in [1.807, 2.05) is 6.92 Å². The smallest absolute Gasteiger partial charge is 0.257 e. The van der Waals surface area contributed by atoms with Crippen molar-refractivity contribution >= 4 is 18.3 Å². The second kappa shape index (κ2) is 6.30. The molecular weight excluding hydrogens is 274 g/mol. The van der Waals surface area contributed by atoms with Gasteiger partial charge in [0, 0.05) is 18.7 Å². The van der Waals surface area contributed by atoms with Gasteiger partial charge in [-0.25, -0.2) is 8.78 Å². The summed E-state index contributed by atoms with van der Waals surface area (Å²) in [6.45, 7) is 2.96. The van der Waals surface area contributed by atoms with Gasteiger partial charge in [-0.2, -0.15) is 0 Å². The number of hydrogen-bond donors (Lipinski definition) is 1. The largest absolute Gasteiger partial charge is 0.336 e. The lowest BCUT2D eigenvalue weighted by molar-refractivity contribution is 0.0738. The van der Waals surface area contributed by atoms with Crippen molar-refractivity contribution < 1.29 is 13.6 Å². The topological polar surface area (TPSA) is 46.3 Å². The molecule has 2 rings (SSSR count). The highest BCUT2D eigenvalue weighted by Crippen LogP contribution is 2.25. The minimum atomic E-state index is -0.816. The maximum absolute atomic E-state index is 13.5. The summed E-state index contributed by atoms with van der Waals surface area (Å²) < 4.78 is 26.3. The molecule has 106 valence electrons. The fraction of sp³-hybridized carbons (Fsp3) is 0.462. The Labute approximate surface area is 117 Å². The maximum Gasteiger partial charge on any atom is 0.257 e. The molecule has 0 aromatic heterocycles. The van der Waals surface area contributed by atoms with Crippen LogP contribution < -0.4 is 5.73 Å². The van der Waals surface area contributed by atoms with Gasteiger partial charge in [0.1, 0.15) is 11.6 Å². The predicted molar refractivity (Wildman–Crippen MR) is 71.3 cm³/mol. The van der Waals surface area contributed by atoms with Gasteiger partial charge in [0.2, 0.25) is 0 Å². The van der Waals surface area contributed by atoms with Crippen molar-refractivity contribution in [2.45, 2.75) is 19.4 Å². The van der Waals surface area contributed by atoms with Crippen molar-refractivity contribution in [3.63, 3.8) is 0 Å². The van der Waals surface area contributed by atoms with Gasteiger partial charge >= 0.3 is 0 Å². The minimum Gasteiger partial charge on any atom is -0.336 e. The second-order valence-corrected chi connectivity index (χ2v) is 4.77. The average molecular weight is 291 g/mol. The summed E-state index contributed by atoms with van der Waals surface area (Å²) in [6, 6.07) is 3.05. The van der Waals surface area contributed by atoms with Gasteiger partial charge in [0.25, 0.3) is 5.91 Å². The fourth-order valence-electron chi connectivity index (χ4n) is 2.41. The maximum atomic E-state index is 13.5. The zero-order valence-corrected chi connectivity index (χ0v) is 11.4. The van der Waals surface area contributed by atoms with Crippen molar-refractivity contribution in [1.82, 2.24) is 4.90 Å². The van der Waals surface area contributed by atoms with Crippen LogP contribution in [0.25, 0.3) is 0 Å². The highest BCUT2D eigenvalue weighted by Gasteiger charge is 2.33. The predicted octanol–water partition coefficient (Wildman–Crippen LogP) is 2.20. The van der Waals surface area contributed by atoms with E-state index in [1.165, 1.54) is 6.07 Å². The van der Waals surface area contributed by atoms with Crippen LogP contribution in [0.5, 0.6) is 0 Å². The summed E-state index contributed by atoms with van der Waals surface area (Å²) in [5, 5.41) is 0. The van der Waals surface area contributed by atoms with Crippen LogP contribution in [0, 0.1) is 17.6 Å². The summed E-state index contributed by atoms with van der Waals surface area (Å²) >= 11 is 0. The molecule has 1 aliphatic heterocycles. The number of rotatable bonds is 2. The minimum absolute atomic E-state index is 0. The number of nitrogens with zero attached hydrogens (tertiary/aromatic N) is 1. The molecule has 1 heterocycles. The Morgan fingerprint density at radius 2 is 2.16 bits per heavy atom. The molecule has 1 aromatic rings. The third kappa shape index (κ3) is 3.22. The van der Waals surface area contributed by atoms with Gasteiger partial charge in [-0.15, -0.1) is 12.4 Å². The molecule has 0 bridgehead atoms. The summed E-state index contributed by atoms with van der Waals surface area (Å²) in [5.41, 5.74) is 5.50. The molecule has 0 saturated carbocycles. The van der Waals surface area contributed by atoms with Crippen molar-refractivity contribution in [2.75, 3.05) is 13.1 Å². The highest BCUT2D eigenvalue weighted by molar-refractivity contribution is 5.94. The molecule has 1 aliphatic rings. The molecule has 1 aromatic carbocycles. The van der Waals surface area contributed by atoms with E-state index >= 15 is 0 Å². The van der Waals surface area contributed by atoms with Crippen molar-refractivity contribution in [1.29, 1.82) is 0 Å². The molecule has 1 fully saturated rings. The summed E-state index contributed by atoms with van der Waals surface area (Å²) in [7, 11) is 0. The van der Waals surface area contributed by atoms with E-state index in [9.17, 15) is 13.6 Å². The molecule has 2 N–H and O–H groups in total. The number of carbonyl (C=O) groups excluding carboxylic acids is 1. The van der Waals surface area contributed by atoms with Crippen LogP contribution >= 0.6 is 12.4 Å². The Morgan fingerprint density at radius 3 is 2.68 bits per heavy atom. The summed E-state index contributed by atoms with van der Waals surface area (Å²) in [5.74, 6) is -1.63. The standard InChI is InChI=1S/C13H16F2N2O.ClH/c1-8-4-9(6-16)7-17(8)13(18)11-3-2-10(14)5-12(11)15;/h2-3,5,8-9H,4,6-7,16H2,1H3;1H. The lowest BCUT2D eigenvalue weighted by Crippen LogP contribution is -2.35. The van der Waals surface area contributed by atoms with E-state index in [0.29, 0.717) is 13.1 Å². The van der Waals surface area contributed by atoms with Crippen LogP contribution in [0.1, 0.15) is 23.7 Å². The van der Waals surface area contributed by atoms with Crippen molar-refractivity contribution in [3.05, 3.63) is 35.4 Å². The molecule has 3 nitrogen and oxygen atoms in total. The molecule has 19 heavy (non-hydrogen) atoms. The normalized spacial score (nSPS) is 22.2. The second-order valence-electron chi connectivity index (χ2n) is 4.77. The number of halogens is 3. The Balaban J connectivity index is 0.00000180. The number of benzene rings is 1. The summed E-state index contributed by atoms with van der Waals surface area (Å²) in [6.07, 6.45) is 0.824. The number of hydrogen-bond acceptors (Lipinski definition) is 2. The number of nitrogens with two attached hydrogens (primary N) is 1. The van der Waals surface area contributed by atoms with Crippen molar-refractivity contribution in [2.24, 2.45) is 11.7 Å². The van der Waals surface area contributed by atoms with E-state index in [-0.39, 0.29) is 29.9 Å². The van der Waals surface area contributed by atoms with Crippen LogP contribution in [-0.2, 0) is 0 Å². The fourth-order valence-corrected chi connectivity index (χ4v) is 2.41. The number of amides is 1. The quantitative estimate of drug-likeness (QED) is 0.907. The molecule has 0 spiro atoms. The van der Waals surface area contributed by atoms with Crippen molar-refractivity contribution in [3.8, 4) is 0 Å².